The Morgan fingerprint density at radius 2 is 1.94 bits per heavy atom. The van der Waals surface area contributed by atoms with Gasteiger partial charge in [-0.05, 0) is 55.4 Å². The van der Waals surface area contributed by atoms with E-state index in [4.69, 9.17) is 18.9 Å². The van der Waals surface area contributed by atoms with E-state index >= 15 is 0 Å². The Balaban J connectivity index is 1.94. The number of carbonyl (C=O) groups is 4. The monoisotopic (exact) mass is 505 g/mol. The third-order valence-corrected chi connectivity index (χ3v) is 8.53. The zero-order valence-corrected chi connectivity index (χ0v) is 22.0. The highest BCUT2D eigenvalue weighted by atomic mass is 16.6. The number of cyclic esters (lactones) is 1. The van der Waals surface area contributed by atoms with Gasteiger partial charge in [0, 0.05) is 25.3 Å². The molecule has 0 radical (unpaired) electrons. The maximum Gasteiger partial charge on any atom is 0.335 e. The standard InChI is InChI=1S/C27H39NO8/c1-16-7-8-22-26(4,11-9-23(36-18(3)30)27(22,5)15-35-17(2)29)20(16)13-21(28-14-24(31)33-6)19-10-12-34-25(19)32/h10,20-23,28H,1,7-9,11-15H2,2-6H3/t20-,21-,22-,23-,26+,27+/m1/s1. The summed E-state index contributed by atoms with van der Waals surface area (Å²) < 4.78 is 21.2. The first-order valence-electron chi connectivity index (χ1n) is 12.6. The fourth-order valence-corrected chi connectivity index (χ4v) is 6.74. The van der Waals surface area contributed by atoms with Gasteiger partial charge < -0.3 is 18.9 Å². The van der Waals surface area contributed by atoms with Gasteiger partial charge in [0.1, 0.15) is 19.3 Å². The van der Waals surface area contributed by atoms with Crippen LogP contribution in [0.5, 0.6) is 0 Å². The molecule has 200 valence electrons. The summed E-state index contributed by atoms with van der Waals surface area (Å²) in [5, 5.41) is 3.20. The fourth-order valence-electron chi connectivity index (χ4n) is 6.74. The van der Waals surface area contributed by atoms with Crippen molar-refractivity contribution >= 4 is 23.9 Å². The van der Waals surface area contributed by atoms with Crippen molar-refractivity contribution < 1.29 is 38.1 Å². The largest absolute Gasteiger partial charge is 0.468 e. The van der Waals surface area contributed by atoms with Gasteiger partial charge >= 0.3 is 23.9 Å². The molecule has 0 saturated heterocycles. The van der Waals surface area contributed by atoms with Crippen molar-refractivity contribution in [2.45, 2.75) is 71.9 Å². The Morgan fingerprint density at radius 1 is 1.22 bits per heavy atom. The van der Waals surface area contributed by atoms with E-state index in [9.17, 15) is 19.2 Å². The first kappa shape index (κ1) is 27.9. The molecule has 2 aliphatic carbocycles. The van der Waals surface area contributed by atoms with Crippen LogP contribution in [0.3, 0.4) is 0 Å². The maximum absolute atomic E-state index is 12.4. The number of methoxy groups -OCH3 is 1. The highest BCUT2D eigenvalue weighted by Gasteiger charge is 2.60. The van der Waals surface area contributed by atoms with Gasteiger partial charge in [0.05, 0.1) is 19.2 Å². The predicted octanol–water partition coefficient (Wildman–Crippen LogP) is 2.87. The number of nitrogens with one attached hydrogen (secondary N) is 1. The second-order valence-corrected chi connectivity index (χ2v) is 10.7. The molecule has 1 heterocycles. The van der Waals surface area contributed by atoms with Crippen molar-refractivity contribution in [1.82, 2.24) is 5.32 Å². The van der Waals surface area contributed by atoms with Gasteiger partial charge in [-0.2, -0.15) is 0 Å². The van der Waals surface area contributed by atoms with Gasteiger partial charge in [-0.1, -0.05) is 26.0 Å². The van der Waals surface area contributed by atoms with E-state index in [0.29, 0.717) is 18.4 Å². The second-order valence-electron chi connectivity index (χ2n) is 10.7. The first-order valence-corrected chi connectivity index (χ1v) is 12.6. The zero-order chi connectivity index (χ0) is 26.7. The molecule has 0 amide bonds. The average molecular weight is 506 g/mol. The Hall–Kier alpha value is -2.68. The predicted molar refractivity (Wildman–Crippen MR) is 130 cm³/mol. The molecule has 0 bridgehead atoms. The van der Waals surface area contributed by atoms with Gasteiger partial charge in [0.25, 0.3) is 0 Å². The van der Waals surface area contributed by atoms with Gasteiger partial charge in [-0.25, -0.2) is 4.79 Å². The van der Waals surface area contributed by atoms with E-state index in [1.165, 1.54) is 21.0 Å². The van der Waals surface area contributed by atoms with E-state index < -0.39 is 23.4 Å². The van der Waals surface area contributed by atoms with Crippen LogP contribution >= 0.6 is 0 Å². The highest BCUT2D eigenvalue weighted by molar-refractivity contribution is 5.91. The van der Waals surface area contributed by atoms with E-state index in [1.807, 2.05) is 6.92 Å². The average Bonchev–Trinajstić information content (AvgIpc) is 3.24. The number of rotatable bonds is 9. The minimum Gasteiger partial charge on any atom is -0.468 e. The molecule has 0 aromatic rings. The van der Waals surface area contributed by atoms with Crippen LogP contribution in [-0.2, 0) is 38.1 Å². The summed E-state index contributed by atoms with van der Waals surface area (Å²) in [5.74, 6) is -1.46. The molecular weight excluding hydrogens is 466 g/mol. The molecule has 1 aliphatic heterocycles. The summed E-state index contributed by atoms with van der Waals surface area (Å²) in [6.07, 6.45) is 4.92. The van der Waals surface area contributed by atoms with Crippen molar-refractivity contribution in [1.29, 1.82) is 0 Å². The summed E-state index contributed by atoms with van der Waals surface area (Å²) in [6, 6.07) is -0.414. The summed E-state index contributed by atoms with van der Waals surface area (Å²) in [5.41, 5.74) is 0.763. The lowest BCUT2D eigenvalue weighted by atomic mass is 9.46. The van der Waals surface area contributed by atoms with Crippen molar-refractivity contribution in [2.24, 2.45) is 22.7 Å². The Morgan fingerprint density at radius 3 is 2.53 bits per heavy atom. The minimum atomic E-state index is -0.580. The van der Waals surface area contributed by atoms with E-state index in [1.54, 1.807) is 6.08 Å². The molecule has 0 aromatic heterocycles. The molecule has 2 fully saturated rings. The van der Waals surface area contributed by atoms with Gasteiger partial charge in [-0.15, -0.1) is 0 Å². The molecule has 0 aromatic carbocycles. The SMILES string of the molecule is C=C1CC[C@H]2[C@](C)(COC(C)=O)[C@H](OC(C)=O)CC[C@@]2(C)[C@@H]1C[C@@H](NCC(=O)OC)C1=CCOC1=O. The summed E-state index contributed by atoms with van der Waals surface area (Å²) >= 11 is 0. The number of ether oxygens (including phenoxy) is 4. The number of fused-ring (bicyclic) bond motifs is 1. The van der Waals surface area contributed by atoms with Crippen molar-refractivity contribution in [3.05, 3.63) is 23.8 Å². The normalized spacial score (nSPS) is 32.6. The number of carbonyl (C=O) groups excluding carboxylic acids is 4. The van der Waals surface area contributed by atoms with Gasteiger partial charge in [-0.3, -0.25) is 19.7 Å². The Bertz CT molecular complexity index is 942. The van der Waals surface area contributed by atoms with Crippen molar-refractivity contribution in [3.63, 3.8) is 0 Å². The Kier molecular flexibility index (Phi) is 8.64. The molecule has 3 aliphatic rings. The van der Waals surface area contributed by atoms with E-state index in [2.05, 4.69) is 18.8 Å². The molecule has 9 heteroatoms. The molecule has 3 rings (SSSR count). The second kappa shape index (κ2) is 11.2. The molecule has 0 spiro atoms. The molecule has 0 unspecified atom stereocenters. The van der Waals surface area contributed by atoms with Crippen LogP contribution in [0.4, 0.5) is 0 Å². The van der Waals surface area contributed by atoms with Crippen LogP contribution in [0, 0.1) is 22.7 Å². The summed E-state index contributed by atoms with van der Waals surface area (Å²) in [4.78, 5) is 48.0. The van der Waals surface area contributed by atoms with Crippen LogP contribution in [0.2, 0.25) is 0 Å². The lowest BCUT2D eigenvalue weighted by Gasteiger charge is -2.60. The maximum atomic E-state index is 12.4. The third-order valence-electron chi connectivity index (χ3n) is 8.53. The number of hydrogen-bond donors (Lipinski definition) is 1. The molecule has 2 saturated carbocycles. The number of hydrogen-bond acceptors (Lipinski definition) is 9. The number of allylic oxidation sites excluding steroid dienone is 1. The topological polar surface area (TPSA) is 117 Å². The lowest BCUT2D eigenvalue weighted by Crippen LogP contribution is -2.59. The lowest BCUT2D eigenvalue weighted by molar-refractivity contribution is -0.192. The quantitative estimate of drug-likeness (QED) is 0.287. The van der Waals surface area contributed by atoms with Gasteiger partial charge in [0.15, 0.2) is 0 Å². The third kappa shape index (κ3) is 5.66. The van der Waals surface area contributed by atoms with Crippen LogP contribution in [0.1, 0.15) is 59.8 Å². The first-order chi connectivity index (χ1) is 16.9. The Labute approximate surface area is 212 Å². The molecule has 9 nitrogen and oxygen atoms in total. The van der Waals surface area contributed by atoms with Crippen molar-refractivity contribution in [2.75, 3.05) is 26.9 Å². The van der Waals surface area contributed by atoms with E-state index in [-0.39, 0.29) is 55.1 Å². The van der Waals surface area contributed by atoms with Crippen LogP contribution < -0.4 is 5.32 Å². The molecule has 6 atom stereocenters. The van der Waals surface area contributed by atoms with Gasteiger partial charge in [0.2, 0.25) is 0 Å². The van der Waals surface area contributed by atoms with Crippen LogP contribution in [0.15, 0.2) is 23.8 Å². The van der Waals surface area contributed by atoms with Crippen LogP contribution in [-0.4, -0.2) is 62.9 Å². The van der Waals surface area contributed by atoms with Crippen molar-refractivity contribution in [3.8, 4) is 0 Å². The molecule has 1 N–H and O–H groups in total. The molecular formula is C27H39NO8. The van der Waals surface area contributed by atoms with Crippen LogP contribution in [0.25, 0.3) is 0 Å². The highest BCUT2D eigenvalue weighted by Crippen LogP contribution is 2.62. The minimum absolute atomic E-state index is 0.00984. The number of esters is 4. The summed E-state index contributed by atoms with van der Waals surface area (Å²) in [7, 11) is 1.32. The fraction of sp³-hybridized carbons (Fsp3) is 0.704. The zero-order valence-electron chi connectivity index (χ0n) is 22.0. The van der Waals surface area contributed by atoms with E-state index in [0.717, 1.165) is 24.8 Å². The molecule has 36 heavy (non-hydrogen) atoms. The smallest absolute Gasteiger partial charge is 0.335 e. The summed E-state index contributed by atoms with van der Waals surface area (Å²) in [6.45, 7) is 11.8.